The van der Waals surface area contributed by atoms with Crippen LogP contribution in [0.2, 0.25) is 0 Å². The number of pyridine rings is 1. The van der Waals surface area contributed by atoms with Gasteiger partial charge in [0.1, 0.15) is 5.03 Å². The maximum Gasteiger partial charge on any atom is 0.254 e. The van der Waals surface area contributed by atoms with Gasteiger partial charge in [-0.15, -0.1) is 11.8 Å². The van der Waals surface area contributed by atoms with E-state index in [1.165, 1.54) is 11.8 Å². The van der Waals surface area contributed by atoms with Crippen LogP contribution in [0.3, 0.4) is 0 Å². The number of hydrogen-bond acceptors (Lipinski definition) is 4. The zero-order valence-electron chi connectivity index (χ0n) is 10.1. The Hall–Kier alpha value is -1.56. The normalized spacial score (nSPS) is 19.2. The molecule has 2 heterocycles. The third-order valence-corrected chi connectivity index (χ3v) is 3.52. The lowest BCUT2D eigenvalue weighted by atomic mass is 10.1. The molecule has 2 rings (SSSR count). The summed E-state index contributed by atoms with van der Waals surface area (Å²) in [7, 11) is 0. The molecule has 1 aromatic heterocycles. The van der Waals surface area contributed by atoms with Gasteiger partial charge in [0.05, 0.1) is 5.56 Å². The second kappa shape index (κ2) is 5.86. The molecule has 0 aliphatic carbocycles. The maximum absolute atomic E-state index is 12.1. The average molecular weight is 265 g/mol. The van der Waals surface area contributed by atoms with Gasteiger partial charge in [0.2, 0.25) is 5.91 Å². The van der Waals surface area contributed by atoms with E-state index >= 15 is 0 Å². The number of piperidine rings is 1. The lowest BCUT2D eigenvalue weighted by Crippen LogP contribution is -2.47. The molecule has 1 saturated heterocycles. The van der Waals surface area contributed by atoms with Crippen molar-refractivity contribution in [2.75, 3.05) is 12.8 Å². The van der Waals surface area contributed by atoms with Gasteiger partial charge in [0, 0.05) is 25.2 Å². The quantitative estimate of drug-likeness (QED) is 0.794. The fourth-order valence-electron chi connectivity index (χ4n) is 1.85. The van der Waals surface area contributed by atoms with Crippen LogP contribution < -0.4 is 10.6 Å². The lowest BCUT2D eigenvalue weighted by Gasteiger charge is -2.23. The Morgan fingerprint density at radius 2 is 2.44 bits per heavy atom. The summed E-state index contributed by atoms with van der Waals surface area (Å²) < 4.78 is 0. The van der Waals surface area contributed by atoms with Gasteiger partial charge < -0.3 is 10.6 Å². The van der Waals surface area contributed by atoms with Crippen molar-refractivity contribution in [2.45, 2.75) is 23.9 Å². The van der Waals surface area contributed by atoms with E-state index in [4.69, 9.17) is 0 Å². The largest absolute Gasteiger partial charge is 0.354 e. The Labute approximate surface area is 110 Å². The van der Waals surface area contributed by atoms with Gasteiger partial charge in [-0.25, -0.2) is 4.98 Å². The van der Waals surface area contributed by atoms with Crippen molar-refractivity contribution in [3.63, 3.8) is 0 Å². The topological polar surface area (TPSA) is 71.1 Å². The number of nitrogens with zero attached hydrogens (tertiary/aromatic N) is 1. The van der Waals surface area contributed by atoms with E-state index < -0.39 is 0 Å². The van der Waals surface area contributed by atoms with Gasteiger partial charge in [-0.2, -0.15) is 0 Å². The molecule has 96 valence electrons. The molecule has 1 aromatic rings. The molecule has 2 amide bonds. The molecular weight excluding hydrogens is 250 g/mol. The summed E-state index contributed by atoms with van der Waals surface area (Å²) in [5, 5.41) is 6.38. The number of thioether (sulfide) groups is 1. The summed E-state index contributed by atoms with van der Waals surface area (Å²) in [6.07, 6.45) is 4.71. The molecule has 0 aromatic carbocycles. The van der Waals surface area contributed by atoms with Crippen LogP contribution in [-0.2, 0) is 4.79 Å². The standard InChI is InChI=1S/C12H15N3O2S/c1-18-12-9(3-2-6-13-12)11(17)15-8-4-5-10(16)14-7-8/h2-3,6,8H,4-5,7H2,1H3,(H,14,16)(H,15,17). The molecular formula is C12H15N3O2S. The minimum Gasteiger partial charge on any atom is -0.354 e. The van der Waals surface area contributed by atoms with Gasteiger partial charge in [-0.3, -0.25) is 9.59 Å². The molecule has 0 radical (unpaired) electrons. The summed E-state index contributed by atoms with van der Waals surface area (Å²) in [6, 6.07) is 3.51. The predicted molar refractivity (Wildman–Crippen MR) is 69.5 cm³/mol. The van der Waals surface area contributed by atoms with Gasteiger partial charge in [0.25, 0.3) is 5.91 Å². The minimum absolute atomic E-state index is 0.00473. The Kier molecular flexibility index (Phi) is 4.19. The summed E-state index contributed by atoms with van der Waals surface area (Å²) in [4.78, 5) is 27.3. The molecule has 1 fully saturated rings. The Balaban J connectivity index is 2.01. The maximum atomic E-state index is 12.1. The Morgan fingerprint density at radius 1 is 1.61 bits per heavy atom. The molecule has 2 N–H and O–H groups in total. The fourth-order valence-corrected chi connectivity index (χ4v) is 2.39. The highest BCUT2D eigenvalue weighted by molar-refractivity contribution is 7.98. The van der Waals surface area contributed by atoms with Crippen LogP contribution in [0, 0.1) is 0 Å². The summed E-state index contributed by atoms with van der Waals surface area (Å²) >= 11 is 1.44. The molecule has 0 spiro atoms. The monoisotopic (exact) mass is 265 g/mol. The van der Waals surface area contributed by atoms with Crippen molar-refractivity contribution in [2.24, 2.45) is 0 Å². The highest BCUT2D eigenvalue weighted by atomic mass is 32.2. The smallest absolute Gasteiger partial charge is 0.254 e. The van der Waals surface area contributed by atoms with Gasteiger partial charge in [0.15, 0.2) is 0 Å². The van der Waals surface area contributed by atoms with Crippen LogP contribution in [0.25, 0.3) is 0 Å². The molecule has 5 nitrogen and oxygen atoms in total. The first-order valence-electron chi connectivity index (χ1n) is 5.77. The van der Waals surface area contributed by atoms with Crippen molar-refractivity contribution in [1.82, 2.24) is 15.6 Å². The number of rotatable bonds is 3. The van der Waals surface area contributed by atoms with Gasteiger partial charge in [-0.05, 0) is 24.8 Å². The van der Waals surface area contributed by atoms with E-state index in [-0.39, 0.29) is 17.9 Å². The number of aromatic nitrogens is 1. The fraction of sp³-hybridized carbons (Fsp3) is 0.417. The van der Waals surface area contributed by atoms with E-state index in [0.29, 0.717) is 24.9 Å². The lowest BCUT2D eigenvalue weighted by molar-refractivity contribution is -0.122. The van der Waals surface area contributed by atoms with Gasteiger partial charge in [-0.1, -0.05) is 0 Å². The second-order valence-electron chi connectivity index (χ2n) is 4.07. The van der Waals surface area contributed by atoms with Crippen LogP contribution in [0.5, 0.6) is 0 Å². The Morgan fingerprint density at radius 3 is 3.11 bits per heavy atom. The van der Waals surface area contributed by atoms with Crippen LogP contribution in [0.15, 0.2) is 23.4 Å². The predicted octanol–water partition coefficient (Wildman–Crippen LogP) is 0.812. The van der Waals surface area contributed by atoms with E-state index in [1.54, 1.807) is 18.3 Å². The minimum atomic E-state index is -0.131. The second-order valence-corrected chi connectivity index (χ2v) is 4.87. The highest BCUT2D eigenvalue weighted by Gasteiger charge is 2.21. The SMILES string of the molecule is CSc1ncccc1C(=O)NC1CCC(=O)NC1. The van der Waals surface area contributed by atoms with Gasteiger partial charge >= 0.3 is 0 Å². The van der Waals surface area contributed by atoms with E-state index in [0.717, 1.165) is 5.03 Å². The third-order valence-electron chi connectivity index (χ3n) is 2.81. The number of nitrogens with one attached hydrogen (secondary N) is 2. The molecule has 1 unspecified atom stereocenters. The number of carbonyl (C=O) groups excluding carboxylic acids is 2. The van der Waals surface area contributed by atoms with Crippen LogP contribution in [0.1, 0.15) is 23.2 Å². The summed E-state index contributed by atoms with van der Waals surface area (Å²) in [6.45, 7) is 0.499. The zero-order valence-corrected chi connectivity index (χ0v) is 10.9. The number of amides is 2. The first-order valence-corrected chi connectivity index (χ1v) is 6.99. The first-order chi connectivity index (χ1) is 8.70. The van der Waals surface area contributed by atoms with Crippen LogP contribution >= 0.6 is 11.8 Å². The van der Waals surface area contributed by atoms with Crippen LogP contribution in [0.4, 0.5) is 0 Å². The summed E-state index contributed by atoms with van der Waals surface area (Å²) in [5.41, 5.74) is 0.585. The molecule has 6 heteroatoms. The average Bonchev–Trinajstić information content (AvgIpc) is 2.41. The summed E-state index contributed by atoms with van der Waals surface area (Å²) in [5.74, 6) is -0.0831. The molecule has 1 aliphatic rings. The number of carbonyl (C=O) groups is 2. The van der Waals surface area contributed by atoms with Crippen molar-refractivity contribution in [1.29, 1.82) is 0 Å². The van der Waals surface area contributed by atoms with Crippen molar-refractivity contribution in [3.8, 4) is 0 Å². The highest BCUT2D eigenvalue weighted by Crippen LogP contribution is 2.17. The molecule has 18 heavy (non-hydrogen) atoms. The van der Waals surface area contributed by atoms with Crippen LogP contribution in [-0.4, -0.2) is 35.6 Å². The van der Waals surface area contributed by atoms with E-state index in [9.17, 15) is 9.59 Å². The van der Waals surface area contributed by atoms with E-state index in [2.05, 4.69) is 15.6 Å². The van der Waals surface area contributed by atoms with Crippen molar-refractivity contribution >= 4 is 23.6 Å². The van der Waals surface area contributed by atoms with Crippen molar-refractivity contribution < 1.29 is 9.59 Å². The zero-order chi connectivity index (χ0) is 13.0. The Bertz CT molecular complexity index is 454. The van der Waals surface area contributed by atoms with E-state index in [1.807, 2.05) is 6.26 Å². The van der Waals surface area contributed by atoms with Crippen molar-refractivity contribution in [3.05, 3.63) is 23.9 Å². The molecule has 1 atom stereocenters. The first kappa shape index (κ1) is 12.9. The number of hydrogen-bond donors (Lipinski definition) is 2. The third kappa shape index (κ3) is 3.01. The molecule has 0 bridgehead atoms. The molecule has 1 aliphatic heterocycles. The molecule has 0 saturated carbocycles.